The number of hydrogen-bond donors (Lipinski definition) is 0. The number of sulfone groups is 1. The number of hydrogen-bond acceptors (Lipinski definition) is 2. The van der Waals surface area contributed by atoms with Gasteiger partial charge in [-0.1, -0.05) is 11.6 Å². The summed E-state index contributed by atoms with van der Waals surface area (Å²) in [6.07, 6.45) is -4.60. The molecule has 0 rings (SSSR count). The van der Waals surface area contributed by atoms with Crippen molar-refractivity contribution in [2.75, 3.05) is 0 Å². The molecule has 0 aliphatic carbocycles. The van der Waals surface area contributed by atoms with Gasteiger partial charge in [-0.2, -0.15) is 26.3 Å². The van der Waals surface area contributed by atoms with Gasteiger partial charge in [-0.15, -0.1) is 0 Å². The summed E-state index contributed by atoms with van der Waals surface area (Å²) in [5.41, 5.74) is -6.23. The molecule has 0 aliphatic rings. The van der Waals surface area contributed by atoms with Gasteiger partial charge in [-0.3, -0.25) is 0 Å². The summed E-state index contributed by atoms with van der Waals surface area (Å²) < 4.78 is 94.3. The molecule has 0 amide bonds. The van der Waals surface area contributed by atoms with E-state index in [-0.39, 0.29) is 11.6 Å². The van der Waals surface area contributed by atoms with E-state index < -0.39 is 26.4 Å². The topological polar surface area (TPSA) is 34.1 Å². The third-order valence-corrected chi connectivity index (χ3v) is 3.23. The summed E-state index contributed by atoms with van der Waals surface area (Å²) in [6.45, 7) is 2.32. The van der Waals surface area contributed by atoms with Crippen LogP contribution in [0.1, 0.15) is 13.8 Å². The Morgan fingerprint density at radius 2 is 1.47 bits per heavy atom. The van der Waals surface area contributed by atoms with Crippen molar-refractivity contribution in [1.82, 2.24) is 0 Å². The van der Waals surface area contributed by atoms with E-state index in [0.717, 1.165) is 13.0 Å². The lowest BCUT2D eigenvalue weighted by atomic mass is 10.2. The third kappa shape index (κ3) is 3.76. The van der Waals surface area contributed by atoms with Crippen molar-refractivity contribution in [1.29, 1.82) is 0 Å². The molecule has 0 aromatic carbocycles. The van der Waals surface area contributed by atoms with Crippen molar-refractivity contribution in [3.05, 3.63) is 22.6 Å². The zero-order chi connectivity index (χ0) is 14.1. The van der Waals surface area contributed by atoms with Gasteiger partial charge in [-0.25, -0.2) is 8.42 Å². The molecule has 0 heterocycles. The average Bonchev–Trinajstić information content (AvgIpc) is 2.09. The van der Waals surface area contributed by atoms with E-state index in [4.69, 9.17) is 0 Å². The van der Waals surface area contributed by atoms with Crippen LogP contribution in [0.15, 0.2) is 22.6 Å². The van der Waals surface area contributed by atoms with E-state index >= 15 is 0 Å². The summed E-state index contributed by atoms with van der Waals surface area (Å²) in [6, 6.07) is 0. The molecule has 0 bridgehead atoms. The highest BCUT2D eigenvalue weighted by Crippen LogP contribution is 2.39. The van der Waals surface area contributed by atoms with Crippen molar-refractivity contribution in [2.24, 2.45) is 0 Å². The van der Waals surface area contributed by atoms with Gasteiger partial charge in [0.25, 0.3) is 9.84 Å². The van der Waals surface area contributed by atoms with E-state index in [1.807, 2.05) is 0 Å². The second-order valence-electron chi connectivity index (χ2n) is 2.99. The third-order valence-electron chi connectivity index (χ3n) is 1.69. The maximum absolute atomic E-state index is 12.3. The quantitative estimate of drug-likeness (QED) is 0.575. The lowest BCUT2D eigenvalue weighted by Crippen LogP contribution is -2.31. The van der Waals surface area contributed by atoms with Crippen LogP contribution in [-0.2, 0) is 9.84 Å². The highest BCUT2D eigenvalue weighted by molar-refractivity contribution is 7.96. The Morgan fingerprint density at radius 3 is 1.71 bits per heavy atom. The van der Waals surface area contributed by atoms with E-state index in [2.05, 4.69) is 0 Å². The fourth-order valence-corrected chi connectivity index (χ4v) is 1.62. The first kappa shape index (κ1) is 16.0. The molecular formula is C8H8F6O2S. The summed E-state index contributed by atoms with van der Waals surface area (Å²) >= 11 is 0. The Kier molecular flexibility index (Phi) is 4.44. The van der Waals surface area contributed by atoms with Crippen LogP contribution in [0.4, 0.5) is 26.3 Å². The highest BCUT2D eigenvalue weighted by Gasteiger charge is 2.56. The second-order valence-corrected chi connectivity index (χ2v) is 4.90. The Labute approximate surface area is 93.5 Å². The largest absolute Gasteiger partial charge is 0.501 e. The fraction of sp³-hybridized carbons (Fsp3) is 0.500. The Bertz CT molecular complexity index is 438. The van der Waals surface area contributed by atoms with E-state index in [1.165, 1.54) is 6.92 Å². The number of halogens is 6. The molecule has 0 saturated heterocycles. The minimum atomic E-state index is -6.41. The van der Waals surface area contributed by atoms with Crippen molar-refractivity contribution in [2.45, 2.75) is 25.5 Å². The van der Waals surface area contributed by atoms with Gasteiger partial charge in [0.05, 0.1) is 0 Å². The number of alkyl halides is 6. The van der Waals surface area contributed by atoms with Gasteiger partial charge < -0.3 is 0 Å². The molecule has 0 fully saturated rings. The van der Waals surface area contributed by atoms with Gasteiger partial charge in [0.1, 0.15) is 0 Å². The van der Waals surface area contributed by atoms with Crippen molar-refractivity contribution < 1.29 is 34.8 Å². The maximum Gasteiger partial charge on any atom is 0.501 e. The minimum Gasteiger partial charge on any atom is -0.214 e. The van der Waals surface area contributed by atoms with E-state index in [1.54, 1.807) is 0 Å². The molecule has 0 aliphatic heterocycles. The molecule has 0 spiro atoms. The van der Waals surface area contributed by atoms with Crippen LogP contribution in [0.3, 0.4) is 0 Å². The molecule has 2 nitrogen and oxygen atoms in total. The van der Waals surface area contributed by atoms with Crippen molar-refractivity contribution in [3.8, 4) is 0 Å². The van der Waals surface area contributed by atoms with Crippen LogP contribution in [0.5, 0.6) is 0 Å². The van der Waals surface area contributed by atoms with Crippen LogP contribution in [0, 0.1) is 0 Å². The SMILES string of the molecule is C/C=C(C)/C=C(/C(F)(F)F)S(=O)(=O)C(F)(F)F. The highest BCUT2D eigenvalue weighted by atomic mass is 32.2. The lowest BCUT2D eigenvalue weighted by molar-refractivity contribution is -0.0894. The predicted molar refractivity (Wildman–Crippen MR) is 48.5 cm³/mol. The van der Waals surface area contributed by atoms with Gasteiger partial charge in [0.15, 0.2) is 4.91 Å². The molecule has 17 heavy (non-hydrogen) atoms. The second kappa shape index (κ2) is 4.71. The molecule has 0 saturated carbocycles. The molecule has 0 aromatic rings. The first-order chi connectivity index (χ1) is 7.34. The van der Waals surface area contributed by atoms with Gasteiger partial charge in [0.2, 0.25) is 0 Å². The van der Waals surface area contributed by atoms with Crippen LogP contribution in [-0.4, -0.2) is 20.1 Å². The molecule has 0 unspecified atom stereocenters. The smallest absolute Gasteiger partial charge is 0.214 e. The molecule has 0 radical (unpaired) electrons. The Morgan fingerprint density at radius 1 is 1.06 bits per heavy atom. The molecule has 0 aromatic heterocycles. The fourth-order valence-electron chi connectivity index (χ4n) is 0.727. The normalized spacial score (nSPS) is 16.2. The predicted octanol–water partition coefficient (Wildman–Crippen LogP) is 3.33. The Balaban J connectivity index is 5.97. The number of rotatable bonds is 2. The molecule has 9 heteroatoms. The summed E-state index contributed by atoms with van der Waals surface area (Å²) in [4.78, 5) is -2.62. The zero-order valence-corrected chi connectivity index (χ0v) is 9.46. The van der Waals surface area contributed by atoms with E-state index in [9.17, 15) is 34.8 Å². The molecule has 0 atom stereocenters. The Hall–Kier alpha value is -0.990. The van der Waals surface area contributed by atoms with Crippen molar-refractivity contribution >= 4 is 9.84 Å². The summed E-state index contributed by atoms with van der Waals surface area (Å²) in [5.74, 6) is 0. The van der Waals surface area contributed by atoms with Crippen LogP contribution >= 0.6 is 0 Å². The average molecular weight is 282 g/mol. The molecule has 0 N–H and O–H groups in total. The van der Waals surface area contributed by atoms with Gasteiger partial charge in [0, 0.05) is 0 Å². The minimum absolute atomic E-state index is 0.0528. The van der Waals surface area contributed by atoms with Crippen LogP contribution in [0.25, 0.3) is 0 Å². The first-order valence-corrected chi connectivity index (χ1v) is 5.55. The van der Waals surface area contributed by atoms with Crippen molar-refractivity contribution in [3.63, 3.8) is 0 Å². The first-order valence-electron chi connectivity index (χ1n) is 4.07. The summed E-state index contributed by atoms with van der Waals surface area (Å²) in [5, 5.41) is 0. The zero-order valence-electron chi connectivity index (χ0n) is 8.65. The van der Waals surface area contributed by atoms with E-state index in [0.29, 0.717) is 0 Å². The monoisotopic (exact) mass is 282 g/mol. The molecule has 100 valence electrons. The molecular weight excluding hydrogens is 274 g/mol. The number of allylic oxidation sites excluding steroid dienone is 4. The van der Waals surface area contributed by atoms with Crippen LogP contribution < -0.4 is 0 Å². The van der Waals surface area contributed by atoms with Crippen LogP contribution in [0.2, 0.25) is 0 Å². The lowest BCUT2D eigenvalue weighted by Gasteiger charge is -2.14. The van der Waals surface area contributed by atoms with Gasteiger partial charge in [-0.05, 0) is 19.9 Å². The summed E-state index contributed by atoms with van der Waals surface area (Å²) in [7, 11) is -6.41. The maximum atomic E-state index is 12.3. The van der Waals surface area contributed by atoms with Gasteiger partial charge >= 0.3 is 11.7 Å². The standard InChI is InChI=1S/C8H8F6O2S/c1-3-5(2)4-6(7(9,10)11)17(15,16)8(12,13)14/h3-4H,1-2H3/b5-3+,6-4-.